The molecule has 0 spiro atoms. The third-order valence-electron chi connectivity index (χ3n) is 4.71. The minimum absolute atomic E-state index is 0.534. The number of nitrogens with zero attached hydrogens (tertiary/aromatic N) is 2. The van der Waals surface area contributed by atoms with Crippen molar-refractivity contribution in [1.82, 2.24) is 15.1 Å². The van der Waals surface area contributed by atoms with E-state index in [1.807, 2.05) is 11.7 Å². The fraction of sp³-hybridized carbons (Fsp3) is 0.706. The minimum Gasteiger partial charge on any atom is -0.313 e. The predicted molar refractivity (Wildman–Crippen MR) is 85.0 cm³/mol. The first-order chi connectivity index (χ1) is 9.63. The molecule has 1 aliphatic carbocycles. The molecule has 3 heteroatoms. The van der Waals surface area contributed by atoms with Crippen molar-refractivity contribution in [2.24, 2.45) is 7.05 Å². The summed E-state index contributed by atoms with van der Waals surface area (Å²) in [4.78, 5) is 0. The Morgan fingerprint density at radius 3 is 2.75 bits per heavy atom. The average Bonchev–Trinajstić information content (AvgIpc) is 2.67. The van der Waals surface area contributed by atoms with Crippen molar-refractivity contribution in [1.29, 1.82) is 0 Å². The van der Waals surface area contributed by atoms with Gasteiger partial charge in [-0.1, -0.05) is 18.1 Å². The van der Waals surface area contributed by atoms with Gasteiger partial charge in [-0.15, -0.1) is 0 Å². The number of allylic oxidation sites excluding steroid dienone is 1. The second kappa shape index (κ2) is 7.07. The van der Waals surface area contributed by atoms with Gasteiger partial charge in [0.25, 0.3) is 0 Å². The Morgan fingerprint density at radius 2 is 2.10 bits per heavy atom. The van der Waals surface area contributed by atoms with Crippen molar-refractivity contribution in [3.05, 3.63) is 28.6 Å². The van der Waals surface area contributed by atoms with Crippen LogP contribution < -0.4 is 5.32 Å². The molecule has 20 heavy (non-hydrogen) atoms. The number of hydrogen-bond donors (Lipinski definition) is 1. The van der Waals surface area contributed by atoms with E-state index in [-0.39, 0.29) is 0 Å². The van der Waals surface area contributed by atoms with Gasteiger partial charge in [-0.3, -0.25) is 4.68 Å². The lowest BCUT2D eigenvalue weighted by Gasteiger charge is -2.19. The van der Waals surface area contributed by atoms with Gasteiger partial charge in [-0.05, 0) is 65.0 Å². The molecular formula is C17H29N3. The van der Waals surface area contributed by atoms with Crippen LogP contribution in [0.2, 0.25) is 0 Å². The maximum absolute atomic E-state index is 4.52. The molecule has 0 fully saturated rings. The summed E-state index contributed by atoms with van der Waals surface area (Å²) in [6.07, 6.45) is 11.4. The van der Waals surface area contributed by atoms with Crippen LogP contribution in [0.25, 0.3) is 0 Å². The van der Waals surface area contributed by atoms with Crippen LogP contribution in [0.1, 0.15) is 55.5 Å². The van der Waals surface area contributed by atoms with Gasteiger partial charge in [-0.25, -0.2) is 0 Å². The van der Waals surface area contributed by atoms with Crippen molar-refractivity contribution in [2.45, 2.75) is 64.8 Å². The smallest absolute Gasteiger partial charge is 0.0628 e. The lowest BCUT2D eigenvalue weighted by Crippen LogP contribution is -2.28. The molecule has 1 aromatic rings. The van der Waals surface area contributed by atoms with Crippen molar-refractivity contribution in [2.75, 3.05) is 7.05 Å². The molecule has 2 rings (SSSR count). The molecule has 1 aliphatic rings. The number of hydrogen-bond acceptors (Lipinski definition) is 2. The average molecular weight is 275 g/mol. The molecule has 112 valence electrons. The van der Waals surface area contributed by atoms with Crippen LogP contribution in [0.15, 0.2) is 11.6 Å². The number of aryl methyl sites for hydroxylation is 2. The lowest BCUT2D eigenvalue weighted by molar-refractivity contribution is 0.560. The highest BCUT2D eigenvalue weighted by Crippen LogP contribution is 2.23. The molecule has 0 aromatic carbocycles. The zero-order valence-corrected chi connectivity index (χ0v) is 13.5. The van der Waals surface area contributed by atoms with Crippen LogP contribution in [0.4, 0.5) is 0 Å². The fourth-order valence-electron chi connectivity index (χ4n) is 3.34. The Morgan fingerprint density at radius 1 is 1.30 bits per heavy atom. The van der Waals surface area contributed by atoms with E-state index in [9.17, 15) is 0 Å². The molecule has 0 amide bonds. The monoisotopic (exact) mass is 275 g/mol. The summed E-state index contributed by atoms with van der Waals surface area (Å²) in [7, 11) is 4.13. The van der Waals surface area contributed by atoms with Crippen molar-refractivity contribution in [3.8, 4) is 0 Å². The van der Waals surface area contributed by atoms with Crippen molar-refractivity contribution in [3.63, 3.8) is 0 Å². The molecule has 1 atom stereocenters. The van der Waals surface area contributed by atoms with Crippen LogP contribution >= 0.6 is 0 Å². The number of aromatic nitrogens is 2. The Hall–Kier alpha value is -1.09. The van der Waals surface area contributed by atoms with Gasteiger partial charge in [0.05, 0.1) is 5.69 Å². The topological polar surface area (TPSA) is 29.9 Å². The Kier molecular flexibility index (Phi) is 5.41. The molecule has 3 nitrogen and oxygen atoms in total. The van der Waals surface area contributed by atoms with Crippen LogP contribution in [0.3, 0.4) is 0 Å². The summed E-state index contributed by atoms with van der Waals surface area (Å²) in [5, 5.41) is 8.04. The maximum Gasteiger partial charge on any atom is 0.0628 e. The third kappa shape index (κ3) is 3.51. The second-order valence-electron chi connectivity index (χ2n) is 6.03. The number of rotatable bonds is 5. The molecule has 0 bridgehead atoms. The van der Waals surface area contributed by atoms with E-state index in [0.717, 1.165) is 6.42 Å². The van der Waals surface area contributed by atoms with E-state index < -0.39 is 0 Å². The van der Waals surface area contributed by atoms with Crippen LogP contribution in [0.5, 0.6) is 0 Å². The molecule has 1 unspecified atom stereocenters. The molecule has 1 heterocycles. The zero-order chi connectivity index (χ0) is 14.5. The first-order valence-corrected chi connectivity index (χ1v) is 7.98. The van der Waals surface area contributed by atoms with E-state index in [1.54, 1.807) is 5.57 Å². The summed E-state index contributed by atoms with van der Waals surface area (Å²) < 4.78 is 2.00. The molecule has 0 aliphatic heterocycles. The Labute approximate surface area is 123 Å². The van der Waals surface area contributed by atoms with Crippen molar-refractivity contribution < 1.29 is 0 Å². The SMILES string of the molecule is CNC(CCc1c(C)nn(C)c1C)C1=CCCCCC1. The van der Waals surface area contributed by atoms with Crippen LogP contribution in [-0.4, -0.2) is 22.9 Å². The van der Waals surface area contributed by atoms with E-state index in [4.69, 9.17) is 0 Å². The number of likely N-dealkylation sites (N-methyl/N-ethyl adjacent to an activating group) is 1. The van der Waals surface area contributed by atoms with Crippen LogP contribution in [-0.2, 0) is 13.5 Å². The van der Waals surface area contributed by atoms with Crippen molar-refractivity contribution >= 4 is 0 Å². The standard InChI is InChI=1S/C17H29N3/c1-13-16(14(2)20(4)19-13)11-12-17(18-3)15-9-7-5-6-8-10-15/h9,17-18H,5-8,10-12H2,1-4H3. The minimum atomic E-state index is 0.534. The van der Waals surface area contributed by atoms with E-state index in [2.05, 4.69) is 37.4 Å². The summed E-state index contributed by atoms with van der Waals surface area (Å²) in [6.45, 7) is 4.30. The highest BCUT2D eigenvalue weighted by Gasteiger charge is 2.16. The molecule has 0 saturated heterocycles. The predicted octanol–water partition coefficient (Wildman–Crippen LogP) is 3.45. The molecule has 0 saturated carbocycles. The summed E-state index contributed by atoms with van der Waals surface area (Å²) in [5.41, 5.74) is 5.56. The van der Waals surface area contributed by atoms with Gasteiger partial charge in [0.2, 0.25) is 0 Å². The van der Waals surface area contributed by atoms with E-state index in [1.165, 1.54) is 55.5 Å². The maximum atomic E-state index is 4.52. The van der Waals surface area contributed by atoms with Gasteiger partial charge in [-0.2, -0.15) is 5.10 Å². The fourth-order valence-corrected chi connectivity index (χ4v) is 3.34. The highest BCUT2D eigenvalue weighted by molar-refractivity contribution is 5.25. The van der Waals surface area contributed by atoms with Gasteiger partial charge in [0.1, 0.15) is 0 Å². The highest BCUT2D eigenvalue weighted by atomic mass is 15.3. The zero-order valence-electron chi connectivity index (χ0n) is 13.5. The van der Waals surface area contributed by atoms with Gasteiger partial charge in [0, 0.05) is 18.8 Å². The first-order valence-electron chi connectivity index (χ1n) is 7.98. The normalized spacial score (nSPS) is 17.7. The largest absolute Gasteiger partial charge is 0.313 e. The lowest BCUT2D eigenvalue weighted by atomic mass is 9.95. The van der Waals surface area contributed by atoms with E-state index in [0.29, 0.717) is 6.04 Å². The first kappa shape index (κ1) is 15.3. The summed E-state index contributed by atoms with van der Waals surface area (Å²) in [6, 6.07) is 0.534. The summed E-state index contributed by atoms with van der Waals surface area (Å²) in [5.74, 6) is 0. The Bertz CT molecular complexity index is 471. The van der Waals surface area contributed by atoms with Gasteiger partial charge < -0.3 is 5.32 Å². The second-order valence-corrected chi connectivity index (χ2v) is 6.03. The van der Waals surface area contributed by atoms with Crippen LogP contribution in [0, 0.1) is 13.8 Å². The summed E-state index contributed by atoms with van der Waals surface area (Å²) >= 11 is 0. The molecule has 1 aromatic heterocycles. The number of nitrogens with one attached hydrogen (secondary N) is 1. The third-order valence-corrected chi connectivity index (χ3v) is 4.71. The van der Waals surface area contributed by atoms with E-state index >= 15 is 0 Å². The molecule has 0 radical (unpaired) electrons. The van der Waals surface area contributed by atoms with Gasteiger partial charge in [0.15, 0.2) is 0 Å². The quantitative estimate of drug-likeness (QED) is 0.834. The molecule has 1 N–H and O–H groups in total. The Balaban J connectivity index is 2.01. The molecular weight excluding hydrogens is 246 g/mol. The van der Waals surface area contributed by atoms with Gasteiger partial charge >= 0.3 is 0 Å².